The molecule has 0 aliphatic heterocycles. The van der Waals surface area contributed by atoms with Crippen LogP contribution in [-0.2, 0) is 6.54 Å². The van der Waals surface area contributed by atoms with Crippen molar-refractivity contribution in [1.29, 1.82) is 0 Å². The lowest BCUT2D eigenvalue weighted by molar-refractivity contribution is 0.205. The first-order chi connectivity index (χ1) is 8.22. The molecule has 4 heteroatoms. The monoisotopic (exact) mass is 257 g/mol. The van der Waals surface area contributed by atoms with Gasteiger partial charge in [0, 0.05) is 19.2 Å². The fourth-order valence-electron chi connectivity index (χ4n) is 2.45. The minimum Gasteiger partial charge on any atom is -0.396 e. The summed E-state index contributed by atoms with van der Waals surface area (Å²) in [6.45, 7) is 0.770. The normalized spacial score (nSPS) is 24.2. The number of nitrogens with one attached hydrogen (secondary N) is 1. The average Bonchev–Trinajstić information content (AvgIpc) is 2.78. The summed E-state index contributed by atoms with van der Waals surface area (Å²) in [5, 5.41) is 12.8. The van der Waals surface area contributed by atoms with Crippen LogP contribution in [0.2, 0.25) is 5.02 Å². The third-order valence-electron chi connectivity index (χ3n) is 3.48. The molecular weight excluding hydrogens is 241 g/mol. The van der Waals surface area contributed by atoms with Gasteiger partial charge in [-0.05, 0) is 30.4 Å². The van der Waals surface area contributed by atoms with Crippen LogP contribution in [0, 0.1) is 11.7 Å². The molecule has 0 radical (unpaired) electrons. The van der Waals surface area contributed by atoms with Crippen molar-refractivity contribution in [3.63, 3.8) is 0 Å². The molecule has 0 saturated heterocycles. The van der Waals surface area contributed by atoms with E-state index in [1.165, 1.54) is 6.07 Å². The quantitative estimate of drug-likeness (QED) is 0.869. The van der Waals surface area contributed by atoms with E-state index in [1.807, 2.05) is 6.07 Å². The summed E-state index contributed by atoms with van der Waals surface area (Å²) in [7, 11) is 0. The largest absolute Gasteiger partial charge is 0.396 e. The molecule has 0 aromatic heterocycles. The molecule has 2 nitrogen and oxygen atoms in total. The highest BCUT2D eigenvalue weighted by atomic mass is 35.5. The van der Waals surface area contributed by atoms with Gasteiger partial charge in [0.15, 0.2) is 0 Å². The standard InChI is InChI=1S/C13H17ClFNO/c14-13-9(3-1-5-11(13)15)7-16-12-6-2-4-10(12)8-17/h1,3,5,10,12,16-17H,2,4,6-8H2. The summed E-state index contributed by atoms with van der Waals surface area (Å²) >= 11 is 5.88. The Morgan fingerprint density at radius 2 is 2.24 bits per heavy atom. The number of rotatable bonds is 4. The highest BCUT2D eigenvalue weighted by molar-refractivity contribution is 6.31. The molecule has 1 fully saturated rings. The highest BCUT2D eigenvalue weighted by Gasteiger charge is 2.26. The van der Waals surface area contributed by atoms with Crippen molar-refractivity contribution in [2.75, 3.05) is 6.61 Å². The van der Waals surface area contributed by atoms with E-state index in [4.69, 9.17) is 11.6 Å². The number of aliphatic hydroxyl groups is 1. The van der Waals surface area contributed by atoms with Crippen LogP contribution in [0.5, 0.6) is 0 Å². The lowest BCUT2D eigenvalue weighted by Crippen LogP contribution is -2.33. The zero-order valence-corrected chi connectivity index (χ0v) is 10.4. The molecule has 2 atom stereocenters. The van der Waals surface area contributed by atoms with Crippen LogP contribution in [0.1, 0.15) is 24.8 Å². The minimum absolute atomic E-state index is 0.193. The Kier molecular flexibility index (Phi) is 4.37. The van der Waals surface area contributed by atoms with Crippen molar-refractivity contribution in [3.05, 3.63) is 34.6 Å². The van der Waals surface area contributed by atoms with Crippen molar-refractivity contribution < 1.29 is 9.50 Å². The van der Waals surface area contributed by atoms with Crippen LogP contribution in [0.15, 0.2) is 18.2 Å². The second-order valence-corrected chi connectivity index (χ2v) is 4.95. The lowest BCUT2D eigenvalue weighted by atomic mass is 10.0. The summed E-state index contributed by atoms with van der Waals surface area (Å²) in [6.07, 6.45) is 3.27. The third-order valence-corrected chi connectivity index (χ3v) is 3.90. The van der Waals surface area contributed by atoms with Crippen molar-refractivity contribution in [2.45, 2.75) is 31.8 Å². The molecule has 1 aromatic carbocycles. The van der Waals surface area contributed by atoms with Gasteiger partial charge in [-0.1, -0.05) is 30.2 Å². The summed E-state index contributed by atoms with van der Waals surface area (Å²) < 4.78 is 13.2. The van der Waals surface area contributed by atoms with Gasteiger partial charge in [0.25, 0.3) is 0 Å². The summed E-state index contributed by atoms with van der Waals surface area (Å²) in [5.41, 5.74) is 0.773. The predicted molar refractivity (Wildman–Crippen MR) is 66.5 cm³/mol. The zero-order chi connectivity index (χ0) is 12.3. The van der Waals surface area contributed by atoms with E-state index in [0.717, 1.165) is 24.8 Å². The van der Waals surface area contributed by atoms with Crippen LogP contribution in [0.3, 0.4) is 0 Å². The summed E-state index contributed by atoms with van der Waals surface area (Å²) in [6, 6.07) is 5.16. The van der Waals surface area contributed by atoms with Gasteiger partial charge in [-0.15, -0.1) is 0 Å². The smallest absolute Gasteiger partial charge is 0.142 e. The zero-order valence-electron chi connectivity index (χ0n) is 9.63. The summed E-state index contributed by atoms with van der Waals surface area (Å²) in [4.78, 5) is 0. The third kappa shape index (κ3) is 2.97. The molecule has 0 spiro atoms. The Bertz CT molecular complexity index is 386. The fraction of sp³-hybridized carbons (Fsp3) is 0.538. The predicted octanol–water partition coefficient (Wildman–Crippen LogP) is 2.73. The molecule has 1 saturated carbocycles. The molecule has 2 unspecified atom stereocenters. The molecule has 2 rings (SSSR count). The maximum atomic E-state index is 13.2. The van der Waals surface area contributed by atoms with Crippen LogP contribution >= 0.6 is 11.6 Å². The van der Waals surface area contributed by atoms with Crippen molar-refractivity contribution in [1.82, 2.24) is 5.32 Å². The lowest BCUT2D eigenvalue weighted by Gasteiger charge is -2.19. The molecule has 94 valence electrons. The molecule has 0 heterocycles. The van der Waals surface area contributed by atoms with Gasteiger partial charge in [-0.25, -0.2) is 4.39 Å². The van der Waals surface area contributed by atoms with Crippen LogP contribution in [0.4, 0.5) is 4.39 Å². The molecule has 0 bridgehead atoms. The second-order valence-electron chi connectivity index (χ2n) is 4.57. The number of halogens is 2. The van der Waals surface area contributed by atoms with E-state index in [9.17, 15) is 9.50 Å². The number of hydrogen-bond acceptors (Lipinski definition) is 2. The van der Waals surface area contributed by atoms with E-state index in [2.05, 4.69) is 5.32 Å². The van der Waals surface area contributed by atoms with Crippen LogP contribution in [0.25, 0.3) is 0 Å². The van der Waals surface area contributed by atoms with Gasteiger partial charge in [0.2, 0.25) is 0 Å². The van der Waals surface area contributed by atoms with Crippen LogP contribution < -0.4 is 5.32 Å². The van der Waals surface area contributed by atoms with E-state index in [1.54, 1.807) is 6.07 Å². The first kappa shape index (κ1) is 12.8. The SMILES string of the molecule is OCC1CCCC1NCc1cccc(F)c1Cl. The van der Waals surface area contributed by atoms with Crippen molar-refractivity contribution in [3.8, 4) is 0 Å². The molecule has 1 aliphatic carbocycles. The van der Waals surface area contributed by atoms with Gasteiger partial charge in [0.05, 0.1) is 5.02 Å². The highest BCUT2D eigenvalue weighted by Crippen LogP contribution is 2.26. The number of hydrogen-bond donors (Lipinski definition) is 2. The Morgan fingerprint density at radius 3 is 3.00 bits per heavy atom. The van der Waals surface area contributed by atoms with E-state index >= 15 is 0 Å². The number of benzene rings is 1. The molecule has 17 heavy (non-hydrogen) atoms. The first-order valence-electron chi connectivity index (χ1n) is 5.99. The van der Waals surface area contributed by atoms with Gasteiger partial charge < -0.3 is 10.4 Å². The minimum atomic E-state index is -0.379. The molecular formula is C13H17ClFNO. The van der Waals surface area contributed by atoms with Gasteiger partial charge in [-0.3, -0.25) is 0 Å². The van der Waals surface area contributed by atoms with Crippen LogP contribution in [-0.4, -0.2) is 17.8 Å². The molecule has 0 amide bonds. The average molecular weight is 258 g/mol. The van der Waals surface area contributed by atoms with E-state index in [0.29, 0.717) is 18.5 Å². The van der Waals surface area contributed by atoms with Gasteiger partial charge in [-0.2, -0.15) is 0 Å². The first-order valence-corrected chi connectivity index (χ1v) is 6.37. The fourth-order valence-corrected chi connectivity index (χ4v) is 2.64. The van der Waals surface area contributed by atoms with Crippen molar-refractivity contribution >= 4 is 11.6 Å². The Labute approximate surface area is 106 Å². The molecule has 1 aromatic rings. The van der Waals surface area contributed by atoms with Crippen molar-refractivity contribution in [2.24, 2.45) is 5.92 Å². The topological polar surface area (TPSA) is 32.3 Å². The van der Waals surface area contributed by atoms with E-state index < -0.39 is 0 Å². The van der Waals surface area contributed by atoms with E-state index in [-0.39, 0.29) is 17.4 Å². The maximum absolute atomic E-state index is 13.2. The molecule has 1 aliphatic rings. The number of aliphatic hydroxyl groups excluding tert-OH is 1. The molecule has 2 N–H and O–H groups in total. The Morgan fingerprint density at radius 1 is 1.41 bits per heavy atom. The summed E-state index contributed by atoms with van der Waals surface area (Å²) in [5.74, 6) is -0.0570. The van der Waals surface area contributed by atoms with Gasteiger partial charge in [0.1, 0.15) is 5.82 Å². The Hall–Kier alpha value is -0.640. The second kappa shape index (κ2) is 5.80. The van der Waals surface area contributed by atoms with Gasteiger partial charge >= 0.3 is 0 Å². The maximum Gasteiger partial charge on any atom is 0.142 e. The Balaban J connectivity index is 1.95.